The second-order valence-corrected chi connectivity index (χ2v) is 4.76. The number of benzene rings is 2. The predicted molar refractivity (Wildman–Crippen MR) is 73.6 cm³/mol. The van der Waals surface area contributed by atoms with Crippen LogP contribution < -0.4 is 5.32 Å². The zero-order valence-corrected chi connectivity index (χ0v) is 11.1. The summed E-state index contributed by atoms with van der Waals surface area (Å²) in [6.07, 6.45) is 0. The normalized spacial score (nSPS) is 9.71. The highest BCUT2D eigenvalue weighted by atomic mass is 79.9. The first-order chi connectivity index (χ1) is 8.19. The van der Waals surface area contributed by atoms with Crippen molar-refractivity contribution < 1.29 is 0 Å². The quantitative estimate of drug-likeness (QED) is 0.871. The molecule has 17 heavy (non-hydrogen) atoms. The summed E-state index contributed by atoms with van der Waals surface area (Å²) < 4.78 is 0.945. The van der Waals surface area contributed by atoms with Crippen LogP contribution in [0.2, 0.25) is 5.02 Å². The van der Waals surface area contributed by atoms with Crippen LogP contribution >= 0.6 is 27.5 Å². The molecule has 84 valence electrons. The van der Waals surface area contributed by atoms with Gasteiger partial charge in [-0.2, -0.15) is 5.26 Å². The number of hydrogen-bond donors (Lipinski definition) is 1. The first kappa shape index (κ1) is 12.0. The van der Waals surface area contributed by atoms with Crippen molar-refractivity contribution in [2.24, 2.45) is 0 Å². The second kappa shape index (κ2) is 5.22. The molecule has 0 aliphatic heterocycles. The Morgan fingerprint density at radius 2 is 2.00 bits per heavy atom. The molecule has 1 N–H and O–H groups in total. The van der Waals surface area contributed by atoms with Crippen LogP contribution in [0, 0.1) is 11.3 Å². The van der Waals surface area contributed by atoms with E-state index in [0.717, 1.165) is 15.8 Å². The summed E-state index contributed by atoms with van der Waals surface area (Å²) in [6.45, 7) is 0. The van der Waals surface area contributed by atoms with Gasteiger partial charge in [0.05, 0.1) is 22.3 Å². The number of nitrogens with one attached hydrogen (secondary N) is 1. The van der Waals surface area contributed by atoms with E-state index in [1.165, 1.54) is 0 Å². The van der Waals surface area contributed by atoms with Crippen LogP contribution in [-0.2, 0) is 0 Å². The monoisotopic (exact) mass is 306 g/mol. The van der Waals surface area contributed by atoms with Gasteiger partial charge in [0.2, 0.25) is 0 Å². The number of rotatable bonds is 2. The molecule has 0 spiro atoms. The molecule has 0 amide bonds. The van der Waals surface area contributed by atoms with Gasteiger partial charge in [0.15, 0.2) is 0 Å². The molecule has 0 aliphatic rings. The van der Waals surface area contributed by atoms with E-state index in [4.69, 9.17) is 16.9 Å². The summed E-state index contributed by atoms with van der Waals surface area (Å²) in [5, 5.41) is 12.6. The number of anilines is 2. The fourth-order valence-corrected chi connectivity index (χ4v) is 1.94. The van der Waals surface area contributed by atoms with E-state index in [1.54, 1.807) is 12.1 Å². The van der Waals surface area contributed by atoms with Crippen LogP contribution in [0.3, 0.4) is 0 Å². The lowest BCUT2D eigenvalue weighted by Crippen LogP contribution is -1.91. The van der Waals surface area contributed by atoms with E-state index in [9.17, 15) is 0 Å². The molecule has 0 unspecified atom stereocenters. The van der Waals surface area contributed by atoms with E-state index in [0.29, 0.717) is 10.6 Å². The Morgan fingerprint density at radius 3 is 2.76 bits per heavy atom. The van der Waals surface area contributed by atoms with Crippen LogP contribution in [0.25, 0.3) is 0 Å². The van der Waals surface area contributed by atoms with Crippen molar-refractivity contribution in [2.75, 3.05) is 5.32 Å². The summed E-state index contributed by atoms with van der Waals surface area (Å²) in [5.41, 5.74) is 2.25. The molecular formula is C13H8BrClN2. The fraction of sp³-hybridized carbons (Fsp3) is 0. The molecular weight excluding hydrogens is 300 g/mol. The molecule has 2 rings (SSSR count). The van der Waals surface area contributed by atoms with Crippen LogP contribution in [0.15, 0.2) is 46.9 Å². The summed E-state index contributed by atoms with van der Waals surface area (Å²) >= 11 is 9.46. The van der Waals surface area contributed by atoms with E-state index in [2.05, 4.69) is 27.3 Å². The highest BCUT2D eigenvalue weighted by Crippen LogP contribution is 2.28. The smallest absolute Gasteiger partial charge is 0.0992 e. The van der Waals surface area contributed by atoms with E-state index >= 15 is 0 Å². The maximum absolute atomic E-state index is 8.82. The lowest BCUT2D eigenvalue weighted by atomic mass is 10.2. The average molecular weight is 308 g/mol. The molecule has 0 saturated heterocycles. The van der Waals surface area contributed by atoms with Crippen LogP contribution in [0.4, 0.5) is 11.4 Å². The summed E-state index contributed by atoms with van der Waals surface area (Å²) in [7, 11) is 0. The van der Waals surface area contributed by atoms with Crippen molar-refractivity contribution in [1.29, 1.82) is 5.26 Å². The van der Waals surface area contributed by atoms with Gasteiger partial charge in [0.25, 0.3) is 0 Å². The summed E-state index contributed by atoms with van der Waals surface area (Å²) in [5.74, 6) is 0. The molecule has 2 aromatic rings. The zero-order valence-electron chi connectivity index (χ0n) is 8.74. The topological polar surface area (TPSA) is 35.8 Å². The molecule has 0 aromatic heterocycles. The first-order valence-corrected chi connectivity index (χ1v) is 6.08. The zero-order chi connectivity index (χ0) is 12.3. The standard InChI is InChI=1S/C13H8BrClN2/c14-10-4-5-12(15)13(7-10)17-11-3-1-2-9(6-11)8-16/h1-7,17H. The summed E-state index contributed by atoms with van der Waals surface area (Å²) in [4.78, 5) is 0. The molecule has 0 aliphatic carbocycles. The molecule has 0 atom stereocenters. The largest absolute Gasteiger partial charge is 0.354 e. The molecule has 2 nitrogen and oxygen atoms in total. The summed E-state index contributed by atoms with van der Waals surface area (Å²) in [6, 6.07) is 14.9. The number of nitrogens with zero attached hydrogens (tertiary/aromatic N) is 1. The number of hydrogen-bond acceptors (Lipinski definition) is 2. The highest BCUT2D eigenvalue weighted by molar-refractivity contribution is 9.10. The Kier molecular flexibility index (Phi) is 3.68. The van der Waals surface area contributed by atoms with Crippen molar-refractivity contribution in [1.82, 2.24) is 0 Å². The third-order valence-electron chi connectivity index (χ3n) is 2.20. The van der Waals surface area contributed by atoms with E-state index in [-0.39, 0.29) is 0 Å². The van der Waals surface area contributed by atoms with Gasteiger partial charge in [-0.05, 0) is 36.4 Å². The van der Waals surface area contributed by atoms with Gasteiger partial charge in [-0.25, -0.2) is 0 Å². The SMILES string of the molecule is N#Cc1cccc(Nc2cc(Br)ccc2Cl)c1. The fourth-order valence-electron chi connectivity index (χ4n) is 1.42. The molecule has 4 heteroatoms. The lowest BCUT2D eigenvalue weighted by Gasteiger charge is -2.08. The number of halogens is 2. The van der Waals surface area contributed by atoms with Gasteiger partial charge in [0.1, 0.15) is 0 Å². The van der Waals surface area contributed by atoms with E-state index in [1.807, 2.05) is 30.3 Å². The molecule has 0 saturated carbocycles. The Morgan fingerprint density at radius 1 is 1.18 bits per heavy atom. The minimum Gasteiger partial charge on any atom is -0.354 e. The Bertz CT molecular complexity index is 590. The van der Waals surface area contributed by atoms with Crippen molar-refractivity contribution in [3.05, 3.63) is 57.5 Å². The average Bonchev–Trinajstić information content (AvgIpc) is 2.34. The van der Waals surface area contributed by atoms with Gasteiger partial charge < -0.3 is 5.32 Å². The van der Waals surface area contributed by atoms with Crippen molar-refractivity contribution >= 4 is 38.9 Å². The van der Waals surface area contributed by atoms with Gasteiger partial charge in [-0.1, -0.05) is 33.6 Å². The van der Waals surface area contributed by atoms with E-state index < -0.39 is 0 Å². The predicted octanol–water partition coefficient (Wildman–Crippen LogP) is 4.72. The Hall–Kier alpha value is -1.50. The van der Waals surface area contributed by atoms with Crippen molar-refractivity contribution in [3.8, 4) is 6.07 Å². The van der Waals surface area contributed by atoms with Crippen LogP contribution in [0.1, 0.15) is 5.56 Å². The van der Waals surface area contributed by atoms with Gasteiger partial charge in [0, 0.05) is 10.2 Å². The highest BCUT2D eigenvalue weighted by Gasteiger charge is 2.02. The maximum Gasteiger partial charge on any atom is 0.0992 e. The van der Waals surface area contributed by atoms with Gasteiger partial charge in [-0.15, -0.1) is 0 Å². The van der Waals surface area contributed by atoms with Gasteiger partial charge >= 0.3 is 0 Å². The molecule has 0 fully saturated rings. The van der Waals surface area contributed by atoms with Crippen molar-refractivity contribution in [3.63, 3.8) is 0 Å². The molecule has 0 radical (unpaired) electrons. The Balaban J connectivity index is 2.31. The van der Waals surface area contributed by atoms with Gasteiger partial charge in [-0.3, -0.25) is 0 Å². The first-order valence-electron chi connectivity index (χ1n) is 4.91. The molecule has 0 heterocycles. The minimum atomic E-state index is 0.612. The third kappa shape index (κ3) is 3.00. The van der Waals surface area contributed by atoms with Crippen molar-refractivity contribution in [2.45, 2.75) is 0 Å². The minimum absolute atomic E-state index is 0.612. The van der Waals surface area contributed by atoms with Crippen LogP contribution in [0.5, 0.6) is 0 Å². The second-order valence-electron chi connectivity index (χ2n) is 3.44. The third-order valence-corrected chi connectivity index (χ3v) is 3.02. The number of nitriles is 1. The lowest BCUT2D eigenvalue weighted by molar-refractivity contribution is 1.47. The van der Waals surface area contributed by atoms with Crippen LogP contribution in [-0.4, -0.2) is 0 Å². The maximum atomic E-state index is 8.82. The molecule has 2 aromatic carbocycles. The molecule has 0 bridgehead atoms. The Labute approximate surface area is 113 Å².